The Morgan fingerprint density at radius 2 is 2.29 bits per heavy atom. The number of pyridine rings is 1. The van der Waals surface area contributed by atoms with E-state index in [1.807, 2.05) is 28.9 Å². The SMILES string of the molecule is O=Cc1ccc2cnc(Cc3cccs3)n2c1. The van der Waals surface area contributed by atoms with E-state index in [4.69, 9.17) is 0 Å². The molecule has 0 aliphatic heterocycles. The highest BCUT2D eigenvalue weighted by Crippen LogP contribution is 2.16. The molecular weight excluding hydrogens is 232 g/mol. The molecule has 3 heterocycles. The van der Waals surface area contributed by atoms with E-state index in [9.17, 15) is 4.79 Å². The molecule has 0 saturated carbocycles. The number of aromatic nitrogens is 2. The molecule has 17 heavy (non-hydrogen) atoms. The van der Waals surface area contributed by atoms with Gasteiger partial charge in [0.15, 0.2) is 6.29 Å². The molecule has 0 aliphatic rings. The zero-order chi connectivity index (χ0) is 11.7. The summed E-state index contributed by atoms with van der Waals surface area (Å²) in [5.74, 6) is 0.964. The highest BCUT2D eigenvalue weighted by atomic mass is 32.1. The molecule has 0 atom stereocenters. The van der Waals surface area contributed by atoms with Gasteiger partial charge in [-0.15, -0.1) is 11.3 Å². The van der Waals surface area contributed by atoms with Crippen molar-refractivity contribution in [1.29, 1.82) is 0 Å². The van der Waals surface area contributed by atoms with Gasteiger partial charge in [0.1, 0.15) is 5.82 Å². The van der Waals surface area contributed by atoms with Crippen LogP contribution in [0.25, 0.3) is 5.52 Å². The van der Waals surface area contributed by atoms with Crippen molar-refractivity contribution in [2.45, 2.75) is 6.42 Å². The van der Waals surface area contributed by atoms with E-state index in [0.717, 1.165) is 24.0 Å². The summed E-state index contributed by atoms with van der Waals surface area (Å²) < 4.78 is 1.98. The minimum absolute atomic E-state index is 0.669. The molecule has 3 aromatic heterocycles. The predicted molar refractivity (Wildman–Crippen MR) is 67.7 cm³/mol. The highest BCUT2D eigenvalue weighted by Gasteiger charge is 2.05. The van der Waals surface area contributed by atoms with Gasteiger partial charge in [0.2, 0.25) is 0 Å². The fourth-order valence-corrected chi connectivity index (χ4v) is 2.53. The van der Waals surface area contributed by atoms with Crippen molar-refractivity contribution in [2.24, 2.45) is 0 Å². The molecule has 0 N–H and O–H groups in total. The number of imidazole rings is 1. The van der Waals surface area contributed by atoms with Gasteiger partial charge in [-0.05, 0) is 23.6 Å². The average molecular weight is 242 g/mol. The van der Waals surface area contributed by atoms with Gasteiger partial charge in [-0.3, -0.25) is 4.79 Å². The fraction of sp³-hybridized carbons (Fsp3) is 0.0769. The molecule has 3 nitrogen and oxygen atoms in total. The third-order valence-electron chi connectivity index (χ3n) is 2.68. The Morgan fingerprint density at radius 3 is 3.06 bits per heavy atom. The molecule has 4 heteroatoms. The number of nitrogens with zero attached hydrogens (tertiary/aromatic N) is 2. The zero-order valence-corrected chi connectivity index (χ0v) is 9.85. The van der Waals surface area contributed by atoms with Crippen LogP contribution in [-0.2, 0) is 6.42 Å². The second-order valence-corrected chi connectivity index (χ2v) is 4.84. The quantitative estimate of drug-likeness (QED) is 0.662. The van der Waals surface area contributed by atoms with E-state index in [1.165, 1.54) is 4.88 Å². The maximum absolute atomic E-state index is 10.8. The van der Waals surface area contributed by atoms with Crippen LogP contribution in [0.5, 0.6) is 0 Å². The number of carbonyl (C=O) groups is 1. The van der Waals surface area contributed by atoms with Crippen molar-refractivity contribution < 1.29 is 4.79 Å². The van der Waals surface area contributed by atoms with Crippen LogP contribution in [0.4, 0.5) is 0 Å². The lowest BCUT2D eigenvalue weighted by Crippen LogP contribution is -1.96. The zero-order valence-electron chi connectivity index (χ0n) is 9.04. The lowest BCUT2D eigenvalue weighted by molar-refractivity contribution is 0.112. The number of hydrogen-bond acceptors (Lipinski definition) is 3. The van der Waals surface area contributed by atoms with Crippen LogP contribution >= 0.6 is 11.3 Å². The van der Waals surface area contributed by atoms with Crippen molar-refractivity contribution in [3.8, 4) is 0 Å². The number of rotatable bonds is 3. The molecular formula is C13H10N2OS. The van der Waals surface area contributed by atoms with Crippen LogP contribution in [-0.4, -0.2) is 15.7 Å². The van der Waals surface area contributed by atoms with Gasteiger partial charge in [0.05, 0.1) is 11.7 Å². The van der Waals surface area contributed by atoms with Crippen molar-refractivity contribution in [2.75, 3.05) is 0 Å². The Hall–Kier alpha value is -1.94. The summed E-state index contributed by atoms with van der Waals surface area (Å²) in [7, 11) is 0. The first-order valence-electron chi connectivity index (χ1n) is 5.30. The van der Waals surface area contributed by atoms with Gasteiger partial charge in [-0.1, -0.05) is 6.07 Å². The summed E-state index contributed by atoms with van der Waals surface area (Å²) in [5, 5.41) is 2.06. The van der Waals surface area contributed by atoms with E-state index in [1.54, 1.807) is 17.4 Å². The summed E-state index contributed by atoms with van der Waals surface area (Å²) in [6, 6.07) is 7.84. The second-order valence-electron chi connectivity index (χ2n) is 3.81. The van der Waals surface area contributed by atoms with Gasteiger partial charge in [-0.25, -0.2) is 4.98 Å². The molecule has 0 unspecified atom stereocenters. The van der Waals surface area contributed by atoms with E-state index >= 15 is 0 Å². The Labute approximate surface area is 102 Å². The molecule has 3 rings (SSSR count). The number of thiophene rings is 1. The third kappa shape index (κ3) is 1.87. The van der Waals surface area contributed by atoms with Crippen LogP contribution < -0.4 is 0 Å². The summed E-state index contributed by atoms with van der Waals surface area (Å²) in [4.78, 5) is 16.4. The van der Waals surface area contributed by atoms with Gasteiger partial charge in [0, 0.05) is 23.1 Å². The van der Waals surface area contributed by atoms with Crippen LogP contribution in [0, 0.1) is 0 Å². The monoisotopic (exact) mass is 242 g/mol. The van der Waals surface area contributed by atoms with Crippen molar-refractivity contribution in [3.05, 3.63) is 58.3 Å². The largest absolute Gasteiger partial charge is 0.303 e. The molecule has 0 saturated heterocycles. The standard InChI is InChI=1S/C13H10N2OS/c16-9-10-3-4-11-7-14-13(15(11)8-10)6-12-2-1-5-17-12/h1-5,7-9H,6H2. The maximum atomic E-state index is 10.8. The number of carbonyl (C=O) groups excluding carboxylic acids is 1. The second kappa shape index (κ2) is 4.14. The number of aldehydes is 1. The normalized spacial score (nSPS) is 10.8. The third-order valence-corrected chi connectivity index (χ3v) is 3.55. The Morgan fingerprint density at radius 1 is 1.35 bits per heavy atom. The average Bonchev–Trinajstić information content (AvgIpc) is 2.99. The molecule has 3 aromatic rings. The molecule has 84 valence electrons. The fourth-order valence-electron chi connectivity index (χ4n) is 1.83. The summed E-state index contributed by atoms with van der Waals surface area (Å²) in [6.07, 6.45) is 5.32. The Balaban J connectivity index is 2.07. The first-order valence-corrected chi connectivity index (χ1v) is 6.18. The van der Waals surface area contributed by atoms with Gasteiger partial charge in [0.25, 0.3) is 0 Å². The number of hydrogen-bond donors (Lipinski definition) is 0. The van der Waals surface area contributed by atoms with Crippen molar-refractivity contribution >= 4 is 23.1 Å². The summed E-state index contributed by atoms with van der Waals surface area (Å²) in [5.41, 5.74) is 1.69. The molecule has 0 aromatic carbocycles. The molecule has 0 aliphatic carbocycles. The van der Waals surface area contributed by atoms with Crippen LogP contribution in [0.3, 0.4) is 0 Å². The van der Waals surface area contributed by atoms with Crippen LogP contribution in [0.2, 0.25) is 0 Å². The van der Waals surface area contributed by atoms with Gasteiger partial charge < -0.3 is 4.40 Å². The topological polar surface area (TPSA) is 34.4 Å². The molecule has 0 amide bonds. The maximum Gasteiger partial charge on any atom is 0.151 e. The first kappa shape index (κ1) is 10.2. The van der Waals surface area contributed by atoms with Crippen molar-refractivity contribution in [1.82, 2.24) is 9.38 Å². The summed E-state index contributed by atoms with van der Waals surface area (Å²) >= 11 is 1.72. The van der Waals surface area contributed by atoms with E-state index in [2.05, 4.69) is 16.4 Å². The highest BCUT2D eigenvalue weighted by molar-refractivity contribution is 7.09. The van der Waals surface area contributed by atoms with Crippen LogP contribution in [0.15, 0.2) is 42.0 Å². The van der Waals surface area contributed by atoms with Gasteiger partial charge in [-0.2, -0.15) is 0 Å². The summed E-state index contributed by atoms with van der Waals surface area (Å²) in [6.45, 7) is 0. The first-order chi connectivity index (χ1) is 8.36. The number of fused-ring (bicyclic) bond motifs is 1. The van der Waals surface area contributed by atoms with Crippen LogP contribution in [0.1, 0.15) is 21.1 Å². The molecule has 0 spiro atoms. The Bertz CT molecular complexity index is 655. The van der Waals surface area contributed by atoms with Gasteiger partial charge >= 0.3 is 0 Å². The van der Waals surface area contributed by atoms with Crippen molar-refractivity contribution in [3.63, 3.8) is 0 Å². The Kier molecular flexibility index (Phi) is 2.49. The lowest BCUT2D eigenvalue weighted by atomic mass is 10.3. The van der Waals surface area contributed by atoms with E-state index < -0.39 is 0 Å². The minimum atomic E-state index is 0.669. The predicted octanol–water partition coefficient (Wildman–Crippen LogP) is 2.80. The van der Waals surface area contributed by atoms with E-state index in [-0.39, 0.29) is 0 Å². The minimum Gasteiger partial charge on any atom is -0.303 e. The molecule has 0 fully saturated rings. The molecule has 0 bridgehead atoms. The van der Waals surface area contributed by atoms with E-state index in [0.29, 0.717) is 5.56 Å². The smallest absolute Gasteiger partial charge is 0.151 e. The molecule has 0 radical (unpaired) electrons. The lowest BCUT2D eigenvalue weighted by Gasteiger charge is -2.00.